The molecule has 0 rings (SSSR count). The van der Waals surface area contributed by atoms with Crippen LogP contribution in [-0.4, -0.2) is 56.8 Å². The summed E-state index contributed by atoms with van der Waals surface area (Å²) in [5.41, 5.74) is 0. The predicted octanol–water partition coefficient (Wildman–Crippen LogP) is -3.50. The molecule has 0 aromatic heterocycles. The van der Waals surface area contributed by atoms with Crippen LogP contribution in [0.1, 0.15) is 26.7 Å². The fourth-order valence-corrected chi connectivity index (χ4v) is 0.597. The van der Waals surface area contributed by atoms with Crippen LogP contribution in [-0.2, 0) is 28.8 Å². The van der Waals surface area contributed by atoms with E-state index in [1.807, 2.05) is 6.08 Å². The number of aliphatic carboxylic acids is 2. The summed E-state index contributed by atoms with van der Waals surface area (Å²) in [5, 5.41) is 20.2. The minimum absolute atomic E-state index is 0. The SMILES string of the molecule is C=C[CH2][Al+2].CC(=O)CC(=O)C(=O)[O-].CC(=O)CC(=O)C(=O)[O-].O. The maximum Gasteiger partial charge on any atom is 0.185 e. The number of rotatable bonds is 7. The number of hydrogen-bond acceptors (Lipinski definition) is 8. The molecule has 0 aliphatic carbocycles. The Morgan fingerprint density at radius 2 is 1.09 bits per heavy atom. The van der Waals surface area contributed by atoms with Crippen LogP contribution in [0.3, 0.4) is 0 Å². The van der Waals surface area contributed by atoms with Crippen molar-refractivity contribution >= 4 is 51.4 Å². The van der Waals surface area contributed by atoms with Crippen molar-refractivity contribution in [1.82, 2.24) is 0 Å². The van der Waals surface area contributed by atoms with Crippen LogP contribution in [0, 0.1) is 0 Å². The molecule has 0 amide bonds. The Morgan fingerprint density at radius 3 is 1.13 bits per heavy atom. The Bertz CT molecular complexity index is 416. The van der Waals surface area contributed by atoms with E-state index in [-0.39, 0.29) is 5.48 Å². The largest absolute Gasteiger partial charge is 0.542 e. The van der Waals surface area contributed by atoms with E-state index in [2.05, 4.69) is 22.9 Å². The Labute approximate surface area is 141 Å². The van der Waals surface area contributed by atoms with Crippen molar-refractivity contribution in [2.75, 3.05) is 0 Å². The van der Waals surface area contributed by atoms with Crippen molar-refractivity contribution in [3.8, 4) is 0 Å². The molecule has 126 valence electrons. The minimum atomic E-state index is -1.80. The molecule has 9 nitrogen and oxygen atoms in total. The van der Waals surface area contributed by atoms with Crippen LogP contribution < -0.4 is 10.2 Å². The van der Waals surface area contributed by atoms with Crippen LogP contribution in [0.5, 0.6) is 0 Å². The third-order valence-corrected chi connectivity index (χ3v) is 1.77. The fourth-order valence-electron chi connectivity index (χ4n) is 0.597. The molecule has 0 atom stereocenters. The average Bonchev–Trinajstić information content (AvgIpc) is 2.38. The minimum Gasteiger partial charge on any atom is -0.542 e. The van der Waals surface area contributed by atoms with Gasteiger partial charge in [-0.2, -0.15) is 0 Å². The standard InChI is InChI=1S/2C5H6O4.C3H5.Al.H2O/c2*1-3(6)2-4(7)5(8)9;1-3-2;;/h2*2H2,1H3,(H,8,9);3H,1-2H2;;1H2/q;;;+2;/p-2. The maximum atomic E-state index is 10.1. The summed E-state index contributed by atoms with van der Waals surface area (Å²) in [4.78, 5) is 59.5. The van der Waals surface area contributed by atoms with Crippen molar-refractivity contribution in [2.45, 2.75) is 32.0 Å². The van der Waals surface area contributed by atoms with E-state index >= 15 is 0 Å². The van der Waals surface area contributed by atoms with Crippen LogP contribution in [0.25, 0.3) is 0 Å². The predicted molar refractivity (Wildman–Crippen MR) is 75.0 cm³/mol. The second-order valence-electron chi connectivity index (χ2n) is 3.70. The summed E-state index contributed by atoms with van der Waals surface area (Å²) < 4.78 is 0. The molecule has 0 aliphatic rings. The van der Waals surface area contributed by atoms with Gasteiger partial charge in [0.05, 0.1) is 12.8 Å². The van der Waals surface area contributed by atoms with Gasteiger partial charge >= 0.3 is 34.2 Å². The van der Waals surface area contributed by atoms with Gasteiger partial charge in [-0.15, -0.1) is 0 Å². The van der Waals surface area contributed by atoms with Crippen LogP contribution in [0.2, 0.25) is 5.28 Å². The third-order valence-electron chi connectivity index (χ3n) is 1.44. The van der Waals surface area contributed by atoms with Crippen molar-refractivity contribution < 1.29 is 44.5 Å². The van der Waals surface area contributed by atoms with E-state index in [1.165, 1.54) is 0 Å². The summed E-state index contributed by atoms with van der Waals surface area (Å²) in [6.07, 6.45) is 0.704. The Kier molecular flexibility index (Phi) is 22.5. The zero-order chi connectivity index (χ0) is 18.3. The summed E-state index contributed by atoms with van der Waals surface area (Å²) in [7, 11) is 0. The number of carboxylic acids is 2. The number of carbonyl (C=O) groups excluding carboxylic acids is 6. The first-order valence-corrected chi connectivity index (χ1v) is 6.59. The summed E-state index contributed by atoms with van der Waals surface area (Å²) in [6.45, 7) is 5.74. The normalized spacial score (nSPS) is 7.83. The molecule has 0 spiro atoms. The number of allylic oxidation sites excluding steroid dienone is 1. The van der Waals surface area contributed by atoms with Gasteiger partial charge in [0.1, 0.15) is 23.5 Å². The van der Waals surface area contributed by atoms with Gasteiger partial charge in [-0.25, -0.2) is 0 Å². The van der Waals surface area contributed by atoms with Crippen LogP contribution >= 0.6 is 0 Å². The molecular formula is C13H17AlO9. The van der Waals surface area contributed by atoms with E-state index in [0.717, 1.165) is 19.1 Å². The zero-order valence-corrected chi connectivity index (χ0v) is 13.9. The molecule has 0 aromatic carbocycles. The van der Waals surface area contributed by atoms with Gasteiger partial charge in [-0.3, -0.25) is 19.2 Å². The Morgan fingerprint density at radius 1 is 0.870 bits per heavy atom. The first kappa shape index (κ1) is 28.9. The van der Waals surface area contributed by atoms with Crippen molar-refractivity contribution in [3.63, 3.8) is 0 Å². The first-order valence-electron chi connectivity index (χ1n) is 5.77. The Hall–Kier alpha value is -2.15. The molecule has 0 fully saturated rings. The smallest absolute Gasteiger partial charge is 0.185 e. The molecular weight excluding hydrogens is 327 g/mol. The van der Waals surface area contributed by atoms with Gasteiger partial charge in [0.2, 0.25) is 0 Å². The molecule has 23 heavy (non-hydrogen) atoms. The molecule has 0 saturated carbocycles. The van der Waals surface area contributed by atoms with Crippen molar-refractivity contribution in [2.24, 2.45) is 0 Å². The van der Waals surface area contributed by atoms with Crippen LogP contribution in [0.15, 0.2) is 12.7 Å². The van der Waals surface area contributed by atoms with Gasteiger partial charge in [0, 0.05) is 0 Å². The molecule has 0 bridgehead atoms. The second kappa shape index (κ2) is 17.9. The molecule has 0 heterocycles. The first-order chi connectivity index (χ1) is 9.99. The van der Waals surface area contributed by atoms with E-state index in [9.17, 15) is 39.0 Å². The molecule has 10 heteroatoms. The molecule has 0 radical (unpaired) electrons. The molecule has 2 N–H and O–H groups in total. The van der Waals surface area contributed by atoms with Gasteiger partial charge in [0.25, 0.3) is 0 Å². The number of hydrogen-bond donors (Lipinski definition) is 0. The fraction of sp³-hybridized carbons (Fsp3) is 0.385. The Balaban J connectivity index is -0.000000124. The number of Topliss-reactive ketones (excluding diaryl/α,β-unsaturated/α-hetero) is 4. The molecule has 0 aliphatic heterocycles. The van der Waals surface area contributed by atoms with Gasteiger partial charge < -0.3 is 25.3 Å². The van der Waals surface area contributed by atoms with Crippen LogP contribution in [0.4, 0.5) is 0 Å². The van der Waals surface area contributed by atoms with E-state index in [1.54, 1.807) is 0 Å². The van der Waals surface area contributed by atoms with Gasteiger partial charge in [-0.05, 0) is 13.8 Å². The monoisotopic (exact) mass is 344 g/mol. The summed E-state index contributed by atoms with van der Waals surface area (Å²) in [5.74, 6) is -6.87. The quantitative estimate of drug-likeness (QED) is 0.197. The van der Waals surface area contributed by atoms with E-state index in [4.69, 9.17) is 0 Å². The molecule has 0 unspecified atom stereocenters. The van der Waals surface area contributed by atoms with Crippen molar-refractivity contribution in [1.29, 1.82) is 0 Å². The van der Waals surface area contributed by atoms with Gasteiger partial charge in [0.15, 0.2) is 11.6 Å². The average molecular weight is 344 g/mol. The topological polar surface area (TPSA) is 180 Å². The maximum absolute atomic E-state index is 10.1. The number of ketones is 4. The van der Waals surface area contributed by atoms with Gasteiger partial charge in [-0.1, -0.05) is 0 Å². The summed E-state index contributed by atoms with van der Waals surface area (Å²) >= 11 is 2.54. The summed E-state index contributed by atoms with van der Waals surface area (Å²) in [6, 6.07) is 0. The number of carboxylic acid groups (broad SMARTS) is 2. The third kappa shape index (κ3) is 28.7. The zero-order valence-electron chi connectivity index (χ0n) is 12.7. The molecule has 0 saturated heterocycles. The van der Waals surface area contributed by atoms with E-state index in [0.29, 0.717) is 0 Å². The van der Waals surface area contributed by atoms with Crippen molar-refractivity contribution in [3.05, 3.63) is 12.7 Å². The second-order valence-corrected chi connectivity index (χ2v) is 4.17. The van der Waals surface area contributed by atoms with E-state index < -0.39 is 47.9 Å². The molecule has 0 aromatic rings. The number of carbonyl (C=O) groups is 6.